The van der Waals surface area contributed by atoms with Gasteiger partial charge in [-0.2, -0.15) is 0 Å². The normalized spacial score (nSPS) is 16.5. The molecule has 0 fully saturated rings. The minimum Gasteiger partial charge on any atom is -0.491 e. The maximum atomic E-state index is 12.7. The first-order chi connectivity index (χ1) is 12.0. The van der Waals surface area contributed by atoms with Gasteiger partial charge < -0.3 is 14.7 Å². The van der Waals surface area contributed by atoms with Crippen LogP contribution >= 0.6 is 0 Å². The van der Waals surface area contributed by atoms with E-state index in [1.807, 2.05) is 36.1 Å². The van der Waals surface area contributed by atoms with E-state index in [0.29, 0.717) is 26.0 Å². The van der Waals surface area contributed by atoms with Crippen molar-refractivity contribution in [1.82, 2.24) is 4.90 Å². The van der Waals surface area contributed by atoms with Gasteiger partial charge in [0.25, 0.3) is 0 Å². The summed E-state index contributed by atoms with van der Waals surface area (Å²) in [6.07, 6.45) is 0.976. The fourth-order valence-electron chi connectivity index (χ4n) is 2.96. The van der Waals surface area contributed by atoms with E-state index in [2.05, 4.69) is 0 Å². The molecule has 25 heavy (non-hydrogen) atoms. The monoisotopic (exact) mass is 339 g/mol. The Kier molecular flexibility index (Phi) is 5.03. The first kappa shape index (κ1) is 17.0. The van der Waals surface area contributed by atoms with Gasteiger partial charge >= 0.3 is 5.97 Å². The summed E-state index contributed by atoms with van der Waals surface area (Å²) in [5, 5.41) is 8.93. The number of hydrogen-bond acceptors (Lipinski definition) is 3. The van der Waals surface area contributed by atoms with E-state index in [4.69, 9.17) is 9.84 Å². The van der Waals surface area contributed by atoms with Crippen LogP contribution in [0.1, 0.15) is 34.8 Å². The average Bonchev–Trinajstić information content (AvgIpc) is 2.79. The molecule has 0 aromatic heterocycles. The number of carboxylic acids is 1. The molecule has 1 heterocycles. The lowest BCUT2D eigenvalue weighted by Crippen LogP contribution is -2.39. The highest BCUT2D eigenvalue weighted by atomic mass is 16.5. The predicted molar refractivity (Wildman–Crippen MR) is 93.7 cm³/mol. The van der Waals surface area contributed by atoms with Gasteiger partial charge in [-0.05, 0) is 37.1 Å². The third kappa shape index (κ3) is 3.99. The average molecular weight is 339 g/mol. The summed E-state index contributed by atoms with van der Waals surface area (Å²) in [6.45, 7) is 3.02. The van der Waals surface area contributed by atoms with E-state index >= 15 is 0 Å². The Balaban J connectivity index is 1.65. The molecule has 5 nitrogen and oxygen atoms in total. The number of rotatable bonds is 4. The molecule has 1 unspecified atom stereocenters. The smallest absolute Gasteiger partial charge is 0.335 e. The summed E-state index contributed by atoms with van der Waals surface area (Å²) in [6, 6.07) is 14.5. The fraction of sp³-hybridized carbons (Fsp3) is 0.300. The Bertz CT molecular complexity index is 770. The van der Waals surface area contributed by atoms with Crippen molar-refractivity contribution in [3.63, 3.8) is 0 Å². The maximum Gasteiger partial charge on any atom is 0.335 e. The highest BCUT2D eigenvalue weighted by Gasteiger charge is 2.25. The fourth-order valence-corrected chi connectivity index (χ4v) is 2.96. The van der Waals surface area contributed by atoms with Crippen LogP contribution in [0.15, 0.2) is 48.5 Å². The van der Waals surface area contributed by atoms with Crippen LogP contribution in [-0.2, 0) is 17.8 Å². The van der Waals surface area contributed by atoms with E-state index in [9.17, 15) is 9.59 Å². The number of amides is 1. The molecule has 2 aromatic carbocycles. The van der Waals surface area contributed by atoms with E-state index in [0.717, 1.165) is 16.9 Å². The van der Waals surface area contributed by atoms with Crippen LogP contribution in [0.4, 0.5) is 0 Å². The Morgan fingerprint density at radius 3 is 2.60 bits per heavy atom. The third-order valence-electron chi connectivity index (χ3n) is 4.47. The van der Waals surface area contributed by atoms with Gasteiger partial charge in [0.15, 0.2) is 0 Å². The van der Waals surface area contributed by atoms with Gasteiger partial charge in [-0.25, -0.2) is 4.79 Å². The number of para-hydroxylation sites is 1. The number of carbonyl (C=O) groups excluding carboxylic acids is 1. The standard InChI is InChI=1S/C20H21NO4/c1-14-13-25-18-5-3-2-4-17(18)12-21(14)19(22)11-8-15-6-9-16(10-7-15)20(23)24/h2-7,9-10,14H,8,11-13H2,1H3,(H,23,24). The lowest BCUT2D eigenvalue weighted by atomic mass is 10.1. The van der Waals surface area contributed by atoms with Crippen LogP contribution in [0, 0.1) is 0 Å². The first-order valence-corrected chi connectivity index (χ1v) is 8.37. The van der Waals surface area contributed by atoms with E-state index in [-0.39, 0.29) is 17.5 Å². The van der Waals surface area contributed by atoms with Crippen LogP contribution in [0.25, 0.3) is 0 Å². The highest BCUT2D eigenvalue weighted by Crippen LogP contribution is 2.25. The molecule has 5 heteroatoms. The molecular formula is C20H21NO4. The Hall–Kier alpha value is -2.82. The van der Waals surface area contributed by atoms with Crippen LogP contribution in [0.3, 0.4) is 0 Å². The summed E-state index contributed by atoms with van der Waals surface area (Å²) >= 11 is 0. The maximum absolute atomic E-state index is 12.7. The Morgan fingerprint density at radius 2 is 1.88 bits per heavy atom. The zero-order valence-corrected chi connectivity index (χ0v) is 14.1. The molecule has 0 radical (unpaired) electrons. The number of benzene rings is 2. The Labute approximate surface area is 146 Å². The van der Waals surface area contributed by atoms with Crippen LogP contribution in [0.2, 0.25) is 0 Å². The highest BCUT2D eigenvalue weighted by molar-refractivity contribution is 5.87. The van der Waals surface area contributed by atoms with Crippen LogP contribution in [0.5, 0.6) is 5.75 Å². The van der Waals surface area contributed by atoms with Gasteiger partial charge in [-0.15, -0.1) is 0 Å². The molecule has 130 valence electrons. The van der Waals surface area contributed by atoms with Crippen molar-refractivity contribution in [3.05, 3.63) is 65.2 Å². The summed E-state index contributed by atoms with van der Waals surface area (Å²) in [5.41, 5.74) is 2.23. The largest absolute Gasteiger partial charge is 0.491 e. The van der Waals surface area contributed by atoms with Gasteiger partial charge in [-0.3, -0.25) is 4.79 Å². The lowest BCUT2D eigenvalue weighted by molar-refractivity contribution is -0.134. The molecule has 0 spiro atoms. The molecule has 0 bridgehead atoms. The second kappa shape index (κ2) is 7.38. The van der Waals surface area contributed by atoms with Crippen molar-refractivity contribution >= 4 is 11.9 Å². The van der Waals surface area contributed by atoms with Crippen molar-refractivity contribution in [1.29, 1.82) is 0 Å². The Morgan fingerprint density at radius 1 is 1.16 bits per heavy atom. The zero-order valence-electron chi connectivity index (χ0n) is 14.1. The number of nitrogens with zero attached hydrogens (tertiary/aromatic N) is 1. The molecule has 1 N–H and O–H groups in total. The predicted octanol–water partition coefficient (Wildman–Crippen LogP) is 3.13. The quantitative estimate of drug-likeness (QED) is 0.929. The summed E-state index contributed by atoms with van der Waals surface area (Å²) in [5.74, 6) is -0.0243. The molecule has 0 saturated heterocycles. The van der Waals surface area contributed by atoms with Crippen molar-refractivity contribution in [2.24, 2.45) is 0 Å². The van der Waals surface area contributed by atoms with E-state index in [1.165, 1.54) is 0 Å². The molecule has 1 aliphatic heterocycles. The second-order valence-corrected chi connectivity index (χ2v) is 6.29. The molecule has 3 rings (SSSR count). The third-order valence-corrected chi connectivity index (χ3v) is 4.47. The number of fused-ring (bicyclic) bond motifs is 1. The van der Waals surface area contributed by atoms with E-state index in [1.54, 1.807) is 24.3 Å². The van der Waals surface area contributed by atoms with Crippen molar-refractivity contribution in [2.75, 3.05) is 6.61 Å². The first-order valence-electron chi connectivity index (χ1n) is 8.37. The van der Waals surface area contributed by atoms with Crippen LogP contribution in [-0.4, -0.2) is 34.5 Å². The summed E-state index contributed by atoms with van der Waals surface area (Å²) in [4.78, 5) is 25.4. The van der Waals surface area contributed by atoms with Gasteiger partial charge in [-0.1, -0.05) is 30.3 Å². The molecule has 1 amide bonds. The minimum atomic E-state index is -0.945. The number of ether oxygens (including phenoxy) is 1. The molecule has 1 aliphatic rings. The van der Waals surface area contributed by atoms with Gasteiger partial charge in [0, 0.05) is 18.5 Å². The number of hydrogen-bond donors (Lipinski definition) is 1. The molecule has 0 aliphatic carbocycles. The van der Waals surface area contributed by atoms with Gasteiger partial charge in [0.05, 0.1) is 11.6 Å². The molecule has 1 atom stereocenters. The second-order valence-electron chi connectivity index (χ2n) is 6.29. The van der Waals surface area contributed by atoms with Gasteiger partial charge in [0.2, 0.25) is 5.91 Å². The lowest BCUT2D eigenvalue weighted by Gasteiger charge is -2.26. The van der Waals surface area contributed by atoms with Crippen molar-refractivity contribution in [2.45, 2.75) is 32.4 Å². The minimum absolute atomic E-state index is 0.00860. The number of carbonyl (C=O) groups is 2. The molecule has 0 saturated carbocycles. The van der Waals surface area contributed by atoms with E-state index < -0.39 is 5.97 Å². The topological polar surface area (TPSA) is 66.8 Å². The van der Waals surface area contributed by atoms with Gasteiger partial charge in [0.1, 0.15) is 12.4 Å². The molecule has 2 aromatic rings. The van der Waals surface area contributed by atoms with Crippen molar-refractivity contribution in [3.8, 4) is 5.75 Å². The van der Waals surface area contributed by atoms with Crippen molar-refractivity contribution < 1.29 is 19.4 Å². The SMILES string of the molecule is CC1COc2ccccc2CN1C(=O)CCc1ccc(C(=O)O)cc1. The number of aromatic carboxylic acids is 1. The number of aryl methyl sites for hydroxylation is 1. The zero-order chi connectivity index (χ0) is 17.8. The molecular weight excluding hydrogens is 318 g/mol. The summed E-state index contributed by atoms with van der Waals surface area (Å²) in [7, 11) is 0. The van der Waals surface area contributed by atoms with Crippen LogP contribution < -0.4 is 4.74 Å². The number of carboxylic acid groups (broad SMARTS) is 1. The summed E-state index contributed by atoms with van der Waals surface area (Å²) < 4.78 is 5.79.